The molecule has 0 fully saturated rings. The number of halogens is 2. The predicted octanol–water partition coefficient (Wildman–Crippen LogP) is 2.97. The first kappa shape index (κ1) is 16.3. The highest BCUT2D eigenvalue weighted by Crippen LogP contribution is 2.28. The lowest BCUT2D eigenvalue weighted by atomic mass is 10.0. The molecule has 0 bridgehead atoms. The van der Waals surface area contributed by atoms with Gasteiger partial charge in [-0.25, -0.2) is 4.98 Å². The van der Waals surface area contributed by atoms with Gasteiger partial charge in [0.2, 0.25) is 5.88 Å². The highest BCUT2D eigenvalue weighted by atomic mass is 35.5. The van der Waals surface area contributed by atoms with Crippen molar-refractivity contribution in [2.24, 2.45) is 5.73 Å². The van der Waals surface area contributed by atoms with Crippen molar-refractivity contribution in [3.05, 3.63) is 69.5 Å². The number of aromatic hydroxyl groups is 1. The number of amides is 1. The molecule has 3 rings (SSSR count). The third-order valence-corrected chi connectivity index (χ3v) is 3.80. The van der Waals surface area contributed by atoms with Crippen LogP contribution < -0.4 is 5.73 Å². The molecule has 0 aliphatic heterocycles. The second kappa shape index (κ2) is 6.51. The van der Waals surface area contributed by atoms with Crippen molar-refractivity contribution in [3.63, 3.8) is 0 Å². The summed E-state index contributed by atoms with van der Waals surface area (Å²) in [5.41, 5.74) is 6.35. The molecular weight excluding hydrogens is 351 g/mol. The highest BCUT2D eigenvalue weighted by Gasteiger charge is 2.22. The van der Waals surface area contributed by atoms with Gasteiger partial charge in [-0.2, -0.15) is 9.78 Å². The van der Waals surface area contributed by atoms with Crippen molar-refractivity contribution in [1.29, 1.82) is 0 Å². The average molecular weight is 363 g/mol. The Kier molecular flexibility index (Phi) is 4.42. The van der Waals surface area contributed by atoms with E-state index < -0.39 is 5.91 Å². The Morgan fingerprint density at radius 1 is 1.21 bits per heavy atom. The van der Waals surface area contributed by atoms with Gasteiger partial charge in [-0.15, -0.1) is 0 Å². The lowest BCUT2D eigenvalue weighted by molar-refractivity contribution is 0.0994. The monoisotopic (exact) mass is 362 g/mol. The fourth-order valence-corrected chi connectivity index (χ4v) is 2.93. The van der Waals surface area contributed by atoms with Gasteiger partial charge in [-0.3, -0.25) is 4.79 Å². The second-order valence-corrected chi connectivity index (χ2v) is 5.94. The average Bonchev–Trinajstić information content (AvgIpc) is 2.84. The van der Waals surface area contributed by atoms with E-state index in [0.717, 1.165) is 0 Å². The van der Waals surface area contributed by atoms with Crippen molar-refractivity contribution in [2.45, 2.75) is 6.42 Å². The van der Waals surface area contributed by atoms with Crippen LogP contribution in [0.3, 0.4) is 0 Å². The molecule has 24 heavy (non-hydrogen) atoms. The summed E-state index contributed by atoms with van der Waals surface area (Å²) in [6.07, 6.45) is 1.74. The number of aromatic nitrogens is 3. The molecule has 0 saturated heterocycles. The standard InChI is InChI=1S/C16H12Cl2N4O2/c17-10-5-9(6-11(18)8-10)7-12-14(15(19)23)21-22(16(12)24)13-3-1-2-4-20-13/h1-6,8,24H,7H2,(H2,19,23). The summed E-state index contributed by atoms with van der Waals surface area (Å²) < 4.78 is 1.17. The van der Waals surface area contributed by atoms with E-state index in [1.54, 1.807) is 42.6 Å². The van der Waals surface area contributed by atoms with E-state index in [1.807, 2.05) is 0 Å². The first-order valence-corrected chi connectivity index (χ1v) is 7.68. The van der Waals surface area contributed by atoms with Crippen molar-refractivity contribution < 1.29 is 9.90 Å². The van der Waals surface area contributed by atoms with Crippen LogP contribution in [0.1, 0.15) is 21.6 Å². The zero-order chi connectivity index (χ0) is 17.3. The van der Waals surface area contributed by atoms with Gasteiger partial charge < -0.3 is 10.8 Å². The topological polar surface area (TPSA) is 94.0 Å². The SMILES string of the molecule is NC(=O)c1nn(-c2ccccn2)c(O)c1Cc1cc(Cl)cc(Cl)c1. The van der Waals surface area contributed by atoms with E-state index in [0.29, 0.717) is 21.4 Å². The van der Waals surface area contributed by atoms with Crippen molar-refractivity contribution in [1.82, 2.24) is 14.8 Å². The second-order valence-electron chi connectivity index (χ2n) is 5.07. The molecule has 2 heterocycles. The zero-order valence-corrected chi connectivity index (χ0v) is 13.8. The number of rotatable bonds is 4. The Bertz CT molecular complexity index is 890. The molecule has 3 aromatic rings. The highest BCUT2D eigenvalue weighted by molar-refractivity contribution is 6.34. The smallest absolute Gasteiger partial charge is 0.269 e. The molecule has 122 valence electrons. The Balaban J connectivity index is 2.09. The fourth-order valence-electron chi connectivity index (χ4n) is 2.36. The molecule has 2 aromatic heterocycles. The number of nitrogens with two attached hydrogens (primary N) is 1. The van der Waals surface area contributed by atoms with Gasteiger partial charge in [0.15, 0.2) is 11.5 Å². The zero-order valence-electron chi connectivity index (χ0n) is 12.3. The van der Waals surface area contributed by atoms with Gasteiger partial charge in [0, 0.05) is 22.7 Å². The lowest BCUT2D eigenvalue weighted by Crippen LogP contribution is -2.14. The van der Waals surface area contributed by atoms with Crippen LogP contribution in [0.25, 0.3) is 5.82 Å². The molecule has 3 N–H and O–H groups in total. The Hall–Kier alpha value is -2.57. The maximum Gasteiger partial charge on any atom is 0.269 e. The van der Waals surface area contributed by atoms with Gasteiger partial charge in [0.05, 0.1) is 5.56 Å². The predicted molar refractivity (Wildman–Crippen MR) is 90.8 cm³/mol. The number of hydrogen-bond donors (Lipinski definition) is 2. The van der Waals surface area contributed by atoms with E-state index in [-0.39, 0.29) is 23.6 Å². The summed E-state index contributed by atoms with van der Waals surface area (Å²) in [4.78, 5) is 15.8. The number of hydrogen-bond acceptors (Lipinski definition) is 4. The number of pyridine rings is 1. The molecule has 0 unspecified atom stereocenters. The molecular formula is C16H12Cl2N4O2. The largest absolute Gasteiger partial charge is 0.493 e. The maximum atomic E-state index is 11.7. The number of carbonyl (C=O) groups is 1. The van der Waals surface area contributed by atoms with Gasteiger partial charge >= 0.3 is 0 Å². The minimum atomic E-state index is -0.747. The molecule has 0 atom stereocenters. The molecule has 0 radical (unpaired) electrons. The van der Waals surface area contributed by atoms with Gasteiger partial charge in [-0.1, -0.05) is 29.3 Å². The quantitative estimate of drug-likeness (QED) is 0.745. The molecule has 0 saturated carbocycles. The number of nitrogens with zero attached hydrogens (tertiary/aromatic N) is 3. The maximum absolute atomic E-state index is 11.7. The van der Waals surface area contributed by atoms with Gasteiger partial charge in [0.25, 0.3) is 5.91 Å². The lowest BCUT2D eigenvalue weighted by Gasteiger charge is -2.05. The summed E-state index contributed by atoms with van der Waals surface area (Å²) in [7, 11) is 0. The Morgan fingerprint density at radius 2 is 1.92 bits per heavy atom. The van der Waals surface area contributed by atoms with Gasteiger partial charge in [-0.05, 0) is 35.9 Å². The summed E-state index contributed by atoms with van der Waals surface area (Å²) in [6, 6.07) is 10.1. The first-order chi connectivity index (χ1) is 11.5. The number of benzene rings is 1. The van der Waals surface area contributed by atoms with Crippen LogP contribution in [0, 0.1) is 0 Å². The first-order valence-electron chi connectivity index (χ1n) is 6.92. The molecule has 0 aliphatic rings. The van der Waals surface area contributed by atoms with E-state index in [1.165, 1.54) is 4.68 Å². The van der Waals surface area contributed by atoms with Crippen molar-refractivity contribution in [3.8, 4) is 11.7 Å². The minimum Gasteiger partial charge on any atom is -0.493 e. The third kappa shape index (κ3) is 3.20. The summed E-state index contributed by atoms with van der Waals surface area (Å²) in [5.74, 6) is -0.588. The fraction of sp³-hybridized carbons (Fsp3) is 0.0625. The van der Waals surface area contributed by atoms with Crippen LogP contribution in [0.4, 0.5) is 0 Å². The molecule has 1 amide bonds. The Labute approximate surface area is 147 Å². The normalized spacial score (nSPS) is 10.8. The number of primary amides is 1. The molecule has 1 aromatic carbocycles. The van der Waals surface area contributed by atoms with Crippen molar-refractivity contribution >= 4 is 29.1 Å². The van der Waals surface area contributed by atoms with E-state index in [2.05, 4.69) is 10.1 Å². The summed E-state index contributed by atoms with van der Waals surface area (Å²) in [6.45, 7) is 0. The van der Waals surface area contributed by atoms with E-state index in [9.17, 15) is 9.90 Å². The molecule has 0 aliphatic carbocycles. The molecule has 8 heteroatoms. The van der Waals surface area contributed by atoms with Crippen LogP contribution >= 0.6 is 23.2 Å². The van der Waals surface area contributed by atoms with E-state index >= 15 is 0 Å². The van der Waals surface area contributed by atoms with E-state index in [4.69, 9.17) is 28.9 Å². The van der Waals surface area contributed by atoms with Crippen molar-refractivity contribution in [2.75, 3.05) is 0 Å². The van der Waals surface area contributed by atoms with Gasteiger partial charge in [0.1, 0.15) is 0 Å². The number of carbonyl (C=O) groups excluding carboxylic acids is 1. The van der Waals surface area contributed by atoms with Crippen LogP contribution in [-0.2, 0) is 6.42 Å². The van der Waals surface area contributed by atoms with Crippen LogP contribution in [0.15, 0.2) is 42.6 Å². The minimum absolute atomic E-state index is 0.0331. The van der Waals surface area contributed by atoms with Crippen LogP contribution in [0.2, 0.25) is 10.0 Å². The van der Waals surface area contributed by atoms with Crippen LogP contribution in [0.5, 0.6) is 5.88 Å². The third-order valence-electron chi connectivity index (χ3n) is 3.36. The summed E-state index contributed by atoms with van der Waals surface area (Å²) >= 11 is 12.0. The molecule has 6 nitrogen and oxygen atoms in total. The molecule has 0 spiro atoms. The summed E-state index contributed by atoms with van der Waals surface area (Å²) in [5, 5.41) is 15.5. The van der Waals surface area contributed by atoms with Crippen LogP contribution in [-0.4, -0.2) is 25.8 Å². The Morgan fingerprint density at radius 3 is 2.50 bits per heavy atom.